The third-order valence-corrected chi connectivity index (χ3v) is 3.38. The maximum atomic E-state index is 11.3. The highest BCUT2D eigenvalue weighted by Gasteiger charge is 2.16. The quantitative estimate of drug-likeness (QED) is 0.834. The monoisotopic (exact) mass is 303 g/mol. The highest BCUT2D eigenvalue weighted by molar-refractivity contribution is 5.87. The van der Waals surface area contributed by atoms with Crippen LogP contribution < -0.4 is 5.32 Å². The predicted molar refractivity (Wildman–Crippen MR) is 77.9 cm³/mol. The number of carbonyl (C=O) groups is 1. The molecular weight excluding hydrogens is 286 g/mol. The largest absolute Gasteiger partial charge is 0.464 e. The van der Waals surface area contributed by atoms with Crippen LogP contribution in [0.2, 0.25) is 0 Å². The number of anilines is 2. The SMILES string of the molecule is COC(=O)c1ccc(Nc2cnn(C[C@@H]3CCCO3)c2)nn1. The molecule has 1 aliphatic rings. The van der Waals surface area contributed by atoms with E-state index in [2.05, 4.69) is 25.3 Å². The van der Waals surface area contributed by atoms with Crippen LogP contribution >= 0.6 is 0 Å². The molecule has 2 aromatic heterocycles. The fourth-order valence-electron chi connectivity index (χ4n) is 2.29. The third-order valence-electron chi connectivity index (χ3n) is 3.38. The minimum absolute atomic E-state index is 0.169. The fourth-order valence-corrected chi connectivity index (χ4v) is 2.29. The van der Waals surface area contributed by atoms with Crippen LogP contribution in [0.3, 0.4) is 0 Å². The Morgan fingerprint density at radius 1 is 1.50 bits per heavy atom. The smallest absolute Gasteiger partial charge is 0.358 e. The van der Waals surface area contributed by atoms with Gasteiger partial charge >= 0.3 is 5.97 Å². The Kier molecular flexibility index (Phi) is 4.29. The minimum Gasteiger partial charge on any atom is -0.464 e. The molecule has 1 aliphatic heterocycles. The first-order valence-electron chi connectivity index (χ1n) is 7.08. The summed E-state index contributed by atoms with van der Waals surface area (Å²) in [7, 11) is 1.30. The highest BCUT2D eigenvalue weighted by atomic mass is 16.5. The molecule has 1 fully saturated rings. The van der Waals surface area contributed by atoms with E-state index in [9.17, 15) is 4.79 Å². The Bertz CT molecular complexity index is 634. The van der Waals surface area contributed by atoms with Gasteiger partial charge in [0.25, 0.3) is 0 Å². The minimum atomic E-state index is -0.511. The first-order chi connectivity index (χ1) is 10.7. The second-order valence-electron chi connectivity index (χ2n) is 5.01. The average molecular weight is 303 g/mol. The van der Waals surface area contributed by atoms with Gasteiger partial charge in [0.05, 0.1) is 31.6 Å². The van der Waals surface area contributed by atoms with Gasteiger partial charge in [-0.15, -0.1) is 10.2 Å². The van der Waals surface area contributed by atoms with Crippen LogP contribution in [0, 0.1) is 0 Å². The van der Waals surface area contributed by atoms with Crippen molar-refractivity contribution in [2.75, 3.05) is 19.0 Å². The van der Waals surface area contributed by atoms with E-state index in [4.69, 9.17) is 4.74 Å². The summed E-state index contributed by atoms with van der Waals surface area (Å²) in [5.41, 5.74) is 0.972. The van der Waals surface area contributed by atoms with Gasteiger partial charge in [0.15, 0.2) is 11.5 Å². The Morgan fingerprint density at radius 2 is 2.41 bits per heavy atom. The fraction of sp³-hybridized carbons (Fsp3) is 0.429. The van der Waals surface area contributed by atoms with Crippen LogP contribution in [0.15, 0.2) is 24.5 Å². The van der Waals surface area contributed by atoms with Crippen LogP contribution in [-0.2, 0) is 16.0 Å². The molecule has 0 unspecified atom stereocenters. The van der Waals surface area contributed by atoms with Crippen molar-refractivity contribution < 1.29 is 14.3 Å². The molecule has 2 aromatic rings. The number of hydrogen-bond acceptors (Lipinski definition) is 7. The maximum absolute atomic E-state index is 11.3. The van der Waals surface area contributed by atoms with Gasteiger partial charge in [-0.1, -0.05) is 0 Å². The van der Waals surface area contributed by atoms with Gasteiger partial charge in [0.2, 0.25) is 0 Å². The van der Waals surface area contributed by atoms with E-state index < -0.39 is 5.97 Å². The zero-order valence-electron chi connectivity index (χ0n) is 12.2. The molecule has 3 heterocycles. The van der Waals surface area contributed by atoms with E-state index in [1.165, 1.54) is 7.11 Å². The van der Waals surface area contributed by atoms with Crippen LogP contribution in [0.1, 0.15) is 23.3 Å². The highest BCUT2D eigenvalue weighted by Crippen LogP contribution is 2.16. The molecule has 3 rings (SSSR count). The van der Waals surface area contributed by atoms with Crippen molar-refractivity contribution in [3.8, 4) is 0 Å². The lowest BCUT2D eigenvalue weighted by Gasteiger charge is -2.08. The van der Waals surface area contributed by atoms with Crippen molar-refractivity contribution in [3.05, 3.63) is 30.2 Å². The number of nitrogens with zero attached hydrogens (tertiary/aromatic N) is 4. The van der Waals surface area contributed by atoms with E-state index in [0.29, 0.717) is 5.82 Å². The van der Waals surface area contributed by atoms with Crippen LogP contribution in [0.25, 0.3) is 0 Å². The summed E-state index contributed by atoms with van der Waals surface area (Å²) in [5.74, 6) is 0.0211. The molecule has 0 amide bonds. The number of carbonyl (C=O) groups excluding carboxylic acids is 1. The van der Waals surface area contributed by atoms with E-state index in [1.54, 1.807) is 18.3 Å². The van der Waals surface area contributed by atoms with E-state index in [1.807, 2.05) is 10.9 Å². The summed E-state index contributed by atoms with van der Waals surface area (Å²) < 4.78 is 12.0. The Balaban J connectivity index is 1.60. The van der Waals surface area contributed by atoms with Crippen molar-refractivity contribution in [2.24, 2.45) is 0 Å². The third kappa shape index (κ3) is 3.40. The van der Waals surface area contributed by atoms with Crippen LogP contribution in [-0.4, -0.2) is 45.8 Å². The van der Waals surface area contributed by atoms with Crippen molar-refractivity contribution >= 4 is 17.5 Å². The molecule has 8 heteroatoms. The Hall–Kier alpha value is -2.48. The van der Waals surface area contributed by atoms with Gasteiger partial charge in [-0.2, -0.15) is 5.10 Å². The molecule has 116 valence electrons. The van der Waals surface area contributed by atoms with Crippen LogP contribution in [0.4, 0.5) is 11.5 Å². The van der Waals surface area contributed by atoms with E-state index in [-0.39, 0.29) is 11.8 Å². The maximum Gasteiger partial charge on any atom is 0.358 e. The Labute approximate surface area is 127 Å². The zero-order chi connectivity index (χ0) is 15.4. The molecule has 1 saturated heterocycles. The molecular formula is C14H17N5O3. The van der Waals surface area contributed by atoms with Crippen LogP contribution in [0.5, 0.6) is 0 Å². The van der Waals surface area contributed by atoms with Gasteiger partial charge < -0.3 is 14.8 Å². The molecule has 0 aliphatic carbocycles. The number of hydrogen-bond donors (Lipinski definition) is 1. The lowest BCUT2D eigenvalue weighted by atomic mass is 10.2. The predicted octanol–water partition coefficient (Wildman–Crippen LogP) is 1.38. The standard InChI is InChI=1S/C14H17N5O3/c1-21-14(20)12-4-5-13(18-17-12)16-10-7-15-19(8-10)9-11-3-2-6-22-11/h4-5,7-8,11H,2-3,6,9H2,1H3,(H,16,18)/t11-/m0/s1. The number of nitrogens with one attached hydrogen (secondary N) is 1. The average Bonchev–Trinajstić information content (AvgIpc) is 3.20. The normalized spacial score (nSPS) is 17.4. The summed E-state index contributed by atoms with van der Waals surface area (Å²) >= 11 is 0. The van der Waals surface area contributed by atoms with Gasteiger partial charge in [-0.25, -0.2) is 4.79 Å². The number of ether oxygens (including phenoxy) is 2. The summed E-state index contributed by atoms with van der Waals surface area (Å²) in [5, 5.41) is 15.1. The summed E-state index contributed by atoms with van der Waals surface area (Å²) in [6, 6.07) is 3.22. The van der Waals surface area contributed by atoms with Gasteiger partial charge in [-0.05, 0) is 25.0 Å². The number of esters is 1. The number of aromatic nitrogens is 4. The van der Waals surface area contributed by atoms with Gasteiger partial charge in [-0.3, -0.25) is 4.68 Å². The molecule has 8 nitrogen and oxygen atoms in total. The van der Waals surface area contributed by atoms with E-state index >= 15 is 0 Å². The molecule has 0 radical (unpaired) electrons. The number of rotatable bonds is 5. The van der Waals surface area contributed by atoms with Crippen molar-refractivity contribution in [3.63, 3.8) is 0 Å². The lowest BCUT2D eigenvalue weighted by Crippen LogP contribution is -2.15. The molecule has 1 N–H and O–H groups in total. The van der Waals surface area contributed by atoms with Crippen molar-refractivity contribution in [2.45, 2.75) is 25.5 Å². The summed E-state index contributed by atoms with van der Waals surface area (Å²) in [4.78, 5) is 11.3. The lowest BCUT2D eigenvalue weighted by molar-refractivity contribution is 0.0592. The second-order valence-corrected chi connectivity index (χ2v) is 5.01. The molecule has 22 heavy (non-hydrogen) atoms. The number of methoxy groups -OCH3 is 1. The van der Waals surface area contributed by atoms with Crippen molar-refractivity contribution in [1.82, 2.24) is 20.0 Å². The molecule has 1 atom stereocenters. The topological polar surface area (TPSA) is 91.2 Å². The Morgan fingerprint density at radius 3 is 3.09 bits per heavy atom. The molecule has 0 spiro atoms. The van der Waals surface area contributed by atoms with E-state index in [0.717, 1.165) is 31.7 Å². The molecule has 0 saturated carbocycles. The second kappa shape index (κ2) is 6.52. The van der Waals surface area contributed by atoms with Gasteiger partial charge in [0.1, 0.15) is 0 Å². The first kappa shape index (κ1) is 14.5. The summed E-state index contributed by atoms with van der Waals surface area (Å²) in [6.07, 6.45) is 6.02. The van der Waals surface area contributed by atoms with Gasteiger partial charge in [0, 0.05) is 12.8 Å². The molecule has 0 bridgehead atoms. The first-order valence-corrected chi connectivity index (χ1v) is 7.08. The summed E-state index contributed by atoms with van der Waals surface area (Å²) in [6.45, 7) is 1.58. The van der Waals surface area contributed by atoms with Crippen molar-refractivity contribution in [1.29, 1.82) is 0 Å². The molecule has 0 aromatic carbocycles. The zero-order valence-corrected chi connectivity index (χ0v) is 12.2.